The predicted octanol–water partition coefficient (Wildman–Crippen LogP) is 2.44. The van der Waals surface area contributed by atoms with Gasteiger partial charge >= 0.3 is 6.18 Å². The van der Waals surface area contributed by atoms with Gasteiger partial charge < -0.3 is 20.3 Å². The Labute approximate surface area is 188 Å². The molecule has 4 rings (SSSR count). The Morgan fingerprint density at radius 1 is 1.30 bits per heavy atom. The molecule has 3 aromatic rings. The third-order valence-electron chi connectivity index (χ3n) is 5.32. The monoisotopic (exact) mass is 465 g/mol. The van der Waals surface area contributed by atoms with Crippen molar-refractivity contribution in [1.82, 2.24) is 35.0 Å². The number of alkyl halides is 3. The van der Waals surface area contributed by atoms with Crippen LogP contribution in [0.4, 0.5) is 30.8 Å². The van der Waals surface area contributed by atoms with E-state index in [2.05, 4.69) is 37.5 Å². The molecule has 2 N–H and O–H groups in total. The first-order chi connectivity index (χ1) is 15.8. The smallest absolute Gasteiger partial charge is 0.370 e. The molecule has 4 heterocycles. The zero-order valence-corrected chi connectivity index (χ0v) is 18.4. The molecule has 0 aliphatic carbocycles. The molecule has 13 heteroatoms. The van der Waals surface area contributed by atoms with E-state index >= 15 is 0 Å². The number of halogens is 3. The van der Waals surface area contributed by atoms with E-state index in [4.69, 9.17) is 14.7 Å². The summed E-state index contributed by atoms with van der Waals surface area (Å²) >= 11 is 0. The van der Waals surface area contributed by atoms with E-state index in [9.17, 15) is 13.2 Å². The van der Waals surface area contributed by atoms with Gasteiger partial charge in [-0.2, -0.15) is 23.3 Å². The van der Waals surface area contributed by atoms with Gasteiger partial charge in [-0.1, -0.05) is 6.92 Å². The van der Waals surface area contributed by atoms with E-state index in [1.54, 1.807) is 16.9 Å². The normalized spacial score (nSPS) is 17.0. The Bertz CT molecular complexity index is 1070. The molecule has 1 aliphatic heterocycles. The highest BCUT2D eigenvalue weighted by Gasteiger charge is 2.28. The summed E-state index contributed by atoms with van der Waals surface area (Å²) in [7, 11) is 0. The van der Waals surface area contributed by atoms with Gasteiger partial charge in [0.25, 0.3) is 0 Å². The van der Waals surface area contributed by atoms with Crippen LogP contribution in [0.2, 0.25) is 0 Å². The number of aromatic nitrogens is 6. The second-order valence-electron chi connectivity index (χ2n) is 7.77. The number of fused-ring (bicyclic) bond motifs is 1. The third kappa shape index (κ3) is 5.66. The number of anilines is 3. The lowest BCUT2D eigenvalue weighted by Crippen LogP contribution is -2.51. The molecule has 0 aromatic carbocycles. The second-order valence-corrected chi connectivity index (χ2v) is 7.77. The van der Waals surface area contributed by atoms with Crippen molar-refractivity contribution >= 4 is 28.6 Å². The largest absolute Gasteiger partial charge is 0.411 e. The van der Waals surface area contributed by atoms with Gasteiger partial charge in [0.2, 0.25) is 5.95 Å². The number of ether oxygens (including phenoxy) is 1. The maximum absolute atomic E-state index is 12.4. The summed E-state index contributed by atoms with van der Waals surface area (Å²) in [5.74, 6) is 1.56. The molecule has 10 nitrogen and oxygen atoms in total. The van der Waals surface area contributed by atoms with Crippen LogP contribution in [0.1, 0.15) is 19.0 Å². The first-order valence-corrected chi connectivity index (χ1v) is 10.7. The summed E-state index contributed by atoms with van der Waals surface area (Å²) in [5, 5.41) is 11.2. The zero-order valence-electron chi connectivity index (χ0n) is 18.4. The van der Waals surface area contributed by atoms with Crippen molar-refractivity contribution in [2.24, 2.45) is 0 Å². The maximum Gasteiger partial charge on any atom is 0.411 e. The van der Waals surface area contributed by atoms with Crippen LogP contribution >= 0.6 is 0 Å². The minimum absolute atomic E-state index is 0.118. The number of hydrogen-bond acceptors (Lipinski definition) is 9. The van der Waals surface area contributed by atoms with Gasteiger partial charge in [-0.15, -0.1) is 0 Å². The zero-order chi connectivity index (χ0) is 23.4. The van der Waals surface area contributed by atoms with Gasteiger partial charge in [-0.05, 0) is 19.4 Å². The Hall–Kier alpha value is -3.06. The quantitative estimate of drug-likeness (QED) is 0.485. The van der Waals surface area contributed by atoms with Gasteiger partial charge in [-0.25, -0.2) is 15.0 Å². The molecule has 0 unspecified atom stereocenters. The predicted molar refractivity (Wildman–Crippen MR) is 117 cm³/mol. The summed E-state index contributed by atoms with van der Waals surface area (Å²) in [6, 6.07) is 2.04. The molecular formula is C20H26F3N9O. The van der Waals surface area contributed by atoms with Crippen molar-refractivity contribution in [2.45, 2.75) is 39.0 Å². The van der Waals surface area contributed by atoms with E-state index in [1.807, 2.05) is 6.92 Å². The maximum atomic E-state index is 12.4. The molecule has 1 atom stereocenters. The summed E-state index contributed by atoms with van der Waals surface area (Å²) in [6.07, 6.45) is -0.374. The van der Waals surface area contributed by atoms with Crippen molar-refractivity contribution in [1.29, 1.82) is 0 Å². The minimum Gasteiger partial charge on any atom is -0.370 e. The van der Waals surface area contributed by atoms with E-state index in [-0.39, 0.29) is 13.2 Å². The number of rotatable bonds is 8. The van der Waals surface area contributed by atoms with Gasteiger partial charge in [0, 0.05) is 31.9 Å². The summed E-state index contributed by atoms with van der Waals surface area (Å²) in [5.41, 5.74) is 1.85. The molecule has 1 aliphatic rings. The molecule has 178 valence electrons. The first kappa shape index (κ1) is 23.1. The standard InChI is InChI=1S/C20H26F3N9O/c1-3-14-10-31(7-6-25-14)19-28-16-13(2)30-32(8-9-33-11-20(21,22)23)17(16)18(29-19)27-15-4-5-24-12-26-15/h4-5,12,14,25H,3,6-11H2,1-2H3,(H,24,26,27,28,29)/t14-/m0/s1. The van der Waals surface area contributed by atoms with Crippen LogP contribution in [0.15, 0.2) is 18.6 Å². The average Bonchev–Trinajstić information content (AvgIpc) is 3.12. The molecule has 3 aromatic heterocycles. The van der Waals surface area contributed by atoms with Crippen molar-refractivity contribution in [2.75, 3.05) is 43.1 Å². The van der Waals surface area contributed by atoms with E-state index in [1.165, 1.54) is 6.33 Å². The Morgan fingerprint density at radius 2 is 2.15 bits per heavy atom. The van der Waals surface area contributed by atoms with Crippen LogP contribution in [0.5, 0.6) is 0 Å². The molecule has 33 heavy (non-hydrogen) atoms. The molecule has 0 saturated carbocycles. The highest BCUT2D eigenvalue weighted by molar-refractivity contribution is 5.90. The van der Waals surface area contributed by atoms with Crippen molar-refractivity contribution in [3.8, 4) is 0 Å². The van der Waals surface area contributed by atoms with Crippen LogP contribution in [0.25, 0.3) is 11.0 Å². The highest BCUT2D eigenvalue weighted by atomic mass is 19.4. The van der Waals surface area contributed by atoms with Gasteiger partial charge in [0.1, 0.15) is 29.8 Å². The number of nitrogens with one attached hydrogen (secondary N) is 2. The van der Waals surface area contributed by atoms with E-state index < -0.39 is 12.8 Å². The third-order valence-corrected chi connectivity index (χ3v) is 5.32. The number of nitrogens with zero attached hydrogens (tertiary/aromatic N) is 7. The van der Waals surface area contributed by atoms with E-state index in [0.717, 1.165) is 26.1 Å². The molecule has 0 spiro atoms. The SMILES string of the molecule is CC[C@H]1CN(c2nc(Nc3ccncn3)c3c(n2)c(C)nn3CCOCC(F)(F)F)CCN1. The van der Waals surface area contributed by atoms with Crippen molar-refractivity contribution in [3.63, 3.8) is 0 Å². The average molecular weight is 465 g/mol. The Kier molecular flexibility index (Phi) is 6.88. The van der Waals surface area contributed by atoms with Crippen molar-refractivity contribution < 1.29 is 17.9 Å². The molecule has 0 bridgehead atoms. The molecular weight excluding hydrogens is 439 g/mol. The molecule has 1 fully saturated rings. The molecule has 0 amide bonds. The molecule has 1 saturated heterocycles. The van der Waals surface area contributed by atoms with E-state index in [0.29, 0.717) is 40.4 Å². The first-order valence-electron chi connectivity index (χ1n) is 10.7. The van der Waals surface area contributed by atoms with Gasteiger partial charge in [0.05, 0.1) is 18.8 Å². The van der Waals surface area contributed by atoms with Gasteiger partial charge in [-0.3, -0.25) is 4.68 Å². The van der Waals surface area contributed by atoms with Crippen LogP contribution in [-0.2, 0) is 11.3 Å². The topological polar surface area (TPSA) is 106 Å². The Morgan fingerprint density at radius 3 is 2.88 bits per heavy atom. The highest BCUT2D eigenvalue weighted by Crippen LogP contribution is 2.28. The fraction of sp³-hybridized carbons (Fsp3) is 0.550. The fourth-order valence-corrected chi connectivity index (χ4v) is 3.71. The van der Waals surface area contributed by atoms with Crippen LogP contribution in [0.3, 0.4) is 0 Å². The minimum atomic E-state index is -4.38. The Balaban J connectivity index is 1.68. The van der Waals surface area contributed by atoms with Crippen molar-refractivity contribution in [3.05, 3.63) is 24.3 Å². The summed E-state index contributed by atoms with van der Waals surface area (Å²) < 4.78 is 43.6. The fourth-order valence-electron chi connectivity index (χ4n) is 3.71. The number of aryl methyl sites for hydroxylation is 1. The summed E-state index contributed by atoms with van der Waals surface area (Å²) in [6.45, 7) is 4.95. The van der Waals surface area contributed by atoms with Crippen LogP contribution < -0.4 is 15.5 Å². The van der Waals surface area contributed by atoms with Crippen LogP contribution in [0, 0.1) is 6.92 Å². The van der Waals surface area contributed by atoms with Gasteiger partial charge in [0.15, 0.2) is 5.82 Å². The lowest BCUT2D eigenvalue weighted by atomic mass is 10.1. The lowest BCUT2D eigenvalue weighted by molar-refractivity contribution is -0.174. The number of piperazine rings is 1. The second kappa shape index (κ2) is 9.83. The lowest BCUT2D eigenvalue weighted by Gasteiger charge is -2.33. The van der Waals surface area contributed by atoms with Crippen LogP contribution in [-0.4, -0.2) is 74.8 Å². The number of hydrogen-bond donors (Lipinski definition) is 2. The summed E-state index contributed by atoms with van der Waals surface area (Å²) in [4.78, 5) is 19.8. The molecule has 0 radical (unpaired) electrons.